The smallest absolute Gasteiger partial charge is 0.137 e. The van der Waals surface area contributed by atoms with Gasteiger partial charge in [0.05, 0.1) is 4.47 Å². The summed E-state index contributed by atoms with van der Waals surface area (Å²) in [6.07, 6.45) is 4.91. The number of nitrogens with one attached hydrogen (secondary N) is 1. The number of hydrogen-bond acceptors (Lipinski definition) is 1. The van der Waals surface area contributed by atoms with Crippen LogP contribution in [0.25, 0.3) is 0 Å². The molecule has 2 rings (SSSR count). The van der Waals surface area contributed by atoms with Gasteiger partial charge in [0.15, 0.2) is 0 Å². The van der Waals surface area contributed by atoms with E-state index in [4.69, 9.17) is 0 Å². The van der Waals surface area contributed by atoms with Gasteiger partial charge in [-0.05, 0) is 71.9 Å². The van der Waals surface area contributed by atoms with E-state index in [1.807, 2.05) is 12.1 Å². The lowest BCUT2D eigenvalue weighted by Crippen LogP contribution is -2.21. The Morgan fingerprint density at radius 1 is 1.38 bits per heavy atom. The molecule has 1 unspecified atom stereocenters. The molecule has 0 saturated carbocycles. The fourth-order valence-electron chi connectivity index (χ4n) is 2.27. The molecule has 16 heavy (non-hydrogen) atoms. The molecule has 0 spiro atoms. The van der Waals surface area contributed by atoms with E-state index >= 15 is 0 Å². The Morgan fingerprint density at radius 3 is 3.06 bits per heavy atom. The van der Waals surface area contributed by atoms with Crippen molar-refractivity contribution in [3.8, 4) is 0 Å². The van der Waals surface area contributed by atoms with Crippen LogP contribution in [0.4, 0.5) is 4.39 Å². The van der Waals surface area contributed by atoms with Crippen molar-refractivity contribution in [3.63, 3.8) is 0 Å². The molecule has 1 aliphatic heterocycles. The second kappa shape index (κ2) is 5.78. The molecule has 1 atom stereocenters. The molecule has 1 N–H and O–H groups in total. The van der Waals surface area contributed by atoms with Gasteiger partial charge in [-0.3, -0.25) is 0 Å². The maximum absolute atomic E-state index is 13.1. The monoisotopic (exact) mass is 285 g/mol. The molecule has 1 aliphatic rings. The summed E-state index contributed by atoms with van der Waals surface area (Å²) in [6, 6.07) is 5.34. The largest absolute Gasteiger partial charge is 0.316 e. The van der Waals surface area contributed by atoms with E-state index in [9.17, 15) is 4.39 Å². The summed E-state index contributed by atoms with van der Waals surface area (Å²) in [6.45, 7) is 2.23. The molecule has 1 heterocycles. The first-order valence-electron chi connectivity index (χ1n) is 5.90. The molecule has 0 bridgehead atoms. The second-order valence-electron chi connectivity index (χ2n) is 4.52. The summed E-state index contributed by atoms with van der Waals surface area (Å²) in [5.74, 6) is 0.516. The fraction of sp³-hybridized carbons (Fsp3) is 0.538. The normalized spacial score (nSPS) is 21.8. The van der Waals surface area contributed by atoms with E-state index in [1.165, 1.54) is 24.8 Å². The zero-order valence-corrected chi connectivity index (χ0v) is 10.9. The first kappa shape index (κ1) is 12.1. The summed E-state index contributed by atoms with van der Waals surface area (Å²) in [7, 11) is 0. The van der Waals surface area contributed by atoms with Crippen molar-refractivity contribution in [1.29, 1.82) is 0 Å². The topological polar surface area (TPSA) is 12.0 Å². The maximum atomic E-state index is 13.1. The van der Waals surface area contributed by atoms with Gasteiger partial charge in [0, 0.05) is 0 Å². The summed E-state index contributed by atoms with van der Waals surface area (Å²) in [5, 5.41) is 3.46. The number of benzene rings is 1. The van der Waals surface area contributed by atoms with Gasteiger partial charge in [-0.25, -0.2) is 4.39 Å². The van der Waals surface area contributed by atoms with Gasteiger partial charge in [-0.2, -0.15) is 0 Å². The highest BCUT2D eigenvalue weighted by Gasteiger charge is 2.13. The van der Waals surface area contributed by atoms with Crippen LogP contribution in [0.15, 0.2) is 22.7 Å². The Kier molecular flexibility index (Phi) is 4.36. The second-order valence-corrected chi connectivity index (χ2v) is 5.37. The predicted molar refractivity (Wildman–Crippen MR) is 68.0 cm³/mol. The first-order chi connectivity index (χ1) is 7.75. The summed E-state index contributed by atoms with van der Waals surface area (Å²) in [4.78, 5) is 0. The number of rotatable bonds is 2. The average Bonchev–Trinajstić information content (AvgIpc) is 2.52. The third-order valence-corrected chi connectivity index (χ3v) is 3.77. The average molecular weight is 286 g/mol. The quantitative estimate of drug-likeness (QED) is 0.877. The molecule has 1 aromatic carbocycles. The molecule has 0 radical (unpaired) electrons. The van der Waals surface area contributed by atoms with Gasteiger partial charge in [-0.15, -0.1) is 0 Å². The highest BCUT2D eigenvalue weighted by molar-refractivity contribution is 9.10. The molecular weight excluding hydrogens is 269 g/mol. The summed E-state index contributed by atoms with van der Waals surface area (Å²) in [5.41, 5.74) is 1.22. The first-order valence-corrected chi connectivity index (χ1v) is 6.69. The Balaban J connectivity index is 1.99. The minimum absolute atomic E-state index is 0.178. The Morgan fingerprint density at radius 2 is 2.25 bits per heavy atom. The van der Waals surface area contributed by atoms with Crippen LogP contribution < -0.4 is 5.32 Å². The lowest BCUT2D eigenvalue weighted by molar-refractivity contribution is 0.477. The molecule has 3 heteroatoms. The highest BCUT2D eigenvalue weighted by Crippen LogP contribution is 2.21. The molecule has 0 aromatic heterocycles. The van der Waals surface area contributed by atoms with Crippen LogP contribution >= 0.6 is 15.9 Å². The minimum atomic E-state index is -0.178. The maximum Gasteiger partial charge on any atom is 0.137 e. The van der Waals surface area contributed by atoms with Gasteiger partial charge < -0.3 is 5.32 Å². The molecule has 1 aromatic rings. The number of halogens is 2. The van der Waals surface area contributed by atoms with Crippen molar-refractivity contribution < 1.29 is 4.39 Å². The molecule has 0 amide bonds. The van der Waals surface area contributed by atoms with E-state index in [0.29, 0.717) is 10.4 Å². The zero-order chi connectivity index (χ0) is 11.4. The van der Waals surface area contributed by atoms with Crippen molar-refractivity contribution in [2.75, 3.05) is 13.1 Å². The van der Waals surface area contributed by atoms with Gasteiger partial charge >= 0.3 is 0 Å². The van der Waals surface area contributed by atoms with Crippen molar-refractivity contribution in [2.45, 2.75) is 25.7 Å². The van der Waals surface area contributed by atoms with Crippen molar-refractivity contribution >= 4 is 15.9 Å². The lowest BCUT2D eigenvalue weighted by Gasteiger charge is -2.14. The van der Waals surface area contributed by atoms with E-state index in [-0.39, 0.29) is 5.82 Å². The molecule has 88 valence electrons. The molecular formula is C13H17BrFN. The third kappa shape index (κ3) is 3.29. The standard InChI is InChI=1S/C13H17BrFN/c14-12-8-10(4-5-13(12)15)7-11-3-1-2-6-16-9-11/h4-5,8,11,16H,1-3,6-7,9H2. The number of hydrogen-bond donors (Lipinski definition) is 1. The Hall–Kier alpha value is -0.410. The van der Waals surface area contributed by atoms with Crippen molar-refractivity contribution in [1.82, 2.24) is 5.32 Å². The predicted octanol–water partition coefficient (Wildman–Crippen LogP) is 3.52. The van der Waals surface area contributed by atoms with Gasteiger partial charge in [0.2, 0.25) is 0 Å². The summed E-state index contributed by atoms with van der Waals surface area (Å²) >= 11 is 3.24. The molecule has 0 aliphatic carbocycles. The van der Waals surface area contributed by atoms with Crippen LogP contribution in [0.1, 0.15) is 24.8 Å². The van der Waals surface area contributed by atoms with Gasteiger partial charge in [0.25, 0.3) is 0 Å². The molecule has 1 fully saturated rings. The fourth-order valence-corrected chi connectivity index (χ4v) is 2.69. The molecule has 1 saturated heterocycles. The highest BCUT2D eigenvalue weighted by atomic mass is 79.9. The SMILES string of the molecule is Fc1ccc(CC2CCCCNC2)cc1Br. The third-order valence-electron chi connectivity index (χ3n) is 3.16. The van der Waals surface area contributed by atoms with Gasteiger partial charge in [0.1, 0.15) is 5.82 Å². The zero-order valence-electron chi connectivity index (χ0n) is 9.31. The van der Waals surface area contributed by atoms with Crippen LogP contribution in [0.3, 0.4) is 0 Å². The Labute approximate surface area is 105 Å². The molecule has 1 nitrogen and oxygen atoms in total. The van der Waals surface area contributed by atoms with Crippen LogP contribution in [-0.4, -0.2) is 13.1 Å². The van der Waals surface area contributed by atoms with Gasteiger partial charge in [-0.1, -0.05) is 12.5 Å². The van der Waals surface area contributed by atoms with Crippen LogP contribution in [-0.2, 0) is 6.42 Å². The van der Waals surface area contributed by atoms with E-state index in [2.05, 4.69) is 21.2 Å². The lowest BCUT2D eigenvalue weighted by atomic mass is 9.95. The van der Waals surface area contributed by atoms with Crippen LogP contribution in [0.5, 0.6) is 0 Å². The minimum Gasteiger partial charge on any atom is -0.316 e. The van der Waals surface area contributed by atoms with E-state index < -0.39 is 0 Å². The van der Waals surface area contributed by atoms with Crippen molar-refractivity contribution in [2.24, 2.45) is 5.92 Å². The van der Waals surface area contributed by atoms with E-state index in [1.54, 1.807) is 6.07 Å². The summed E-state index contributed by atoms with van der Waals surface area (Å²) < 4.78 is 13.7. The van der Waals surface area contributed by atoms with E-state index in [0.717, 1.165) is 19.5 Å². The van der Waals surface area contributed by atoms with Crippen LogP contribution in [0, 0.1) is 11.7 Å². The van der Waals surface area contributed by atoms with Crippen LogP contribution in [0.2, 0.25) is 0 Å². The Bertz CT molecular complexity index is 346. The van der Waals surface area contributed by atoms with Crippen molar-refractivity contribution in [3.05, 3.63) is 34.1 Å².